The van der Waals surface area contributed by atoms with Gasteiger partial charge in [0.15, 0.2) is 9.84 Å². The molecule has 1 saturated carbocycles. The van der Waals surface area contributed by atoms with Crippen molar-refractivity contribution in [3.8, 4) is 0 Å². The summed E-state index contributed by atoms with van der Waals surface area (Å²) >= 11 is 1.03. The zero-order chi connectivity index (χ0) is 14.4. The summed E-state index contributed by atoms with van der Waals surface area (Å²) in [7, 11) is -2.27. The van der Waals surface area contributed by atoms with E-state index in [-0.39, 0.29) is 21.5 Å². The van der Waals surface area contributed by atoms with E-state index in [0.717, 1.165) is 24.0 Å². The van der Waals surface area contributed by atoms with Crippen molar-refractivity contribution in [2.45, 2.75) is 24.3 Å². The summed E-state index contributed by atoms with van der Waals surface area (Å²) < 4.78 is 28.2. The van der Waals surface area contributed by atoms with Gasteiger partial charge in [-0.2, -0.15) is 0 Å². The molecule has 19 heavy (non-hydrogen) atoms. The van der Waals surface area contributed by atoms with E-state index in [1.54, 1.807) is 0 Å². The average Bonchev–Trinajstić information content (AvgIpc) is 2.86. The number of nitrogens with two attached hydrogens (primary N) is 1. The largest absolute Gasteiger partial charge is 0.465 e. The van der Waals surface area contributed by atoms with Crippen molar-refractivity contribution < 1.29 is 17.9 Å². The maximum atomic E-state index is 11.8. The van der Waals surface area contributed by atoms with E-state index in [1.165, 1.54) is 7.11 Å². The van der Waals surface area contributed by atoms with E-state index in [2.05, 4.69) is 17.0 Å². The fourth-order valence-electron chi connectivity index (χ4n) is 1.83. The number of sulfone groups is 1. The van der Waals surface area contributed by atoms with E-state index >= 15 is 0 Å². The molecular formula is C11H16N2O4S2. The molecule has 1 aromatic heterocycles. The summed E-state index contributed by atoms with van der Waals surface area (Å²) in [6, 6.07) is 0.240. The number of esters is 1. The Kier molecular flexibility index (Phi) is 3.48. The summed E-state index contributed by atoms with van der Waals surface area (Å²) in [6.45, 7) is 2.07. The third-order valence-corrected chi connectivity index (χ3v) is 5.48. The summed E-state index contributed by atoms with van der Waals surface area (Å²) in [5.74, 6) is -0.124. The second kappa shape index (κ2) is 4.68. The van der Waals surface area contributed by atoms with Crippen LogP contribution < -0.4 is 11.1 Å². The first-order chi connectivity index (χ1) is 8.75. The van der Waals surface area contributed by atoms with Crippen LogP contribution in [0.1, 0.15) is 23.0 Å². The van der Waals surface area contributed by atoms with Crippen LogP contribution in [0.2, 0.25) is 0 Å². The topological polar surface area (TPSA) is 98.5 Å². The highest BCUT2D eigenvalue weighted by Gasteiger charge is 2.36. The molecule has 2 unspecified atom stereocenters. The van der Waals surface area contributed by atoms with E-state index in [0.29, 0.717) is 10.9 Å². The van der Waals surface area contributed by atoms with Crippen LogP contribution in [0.5, 0.6) is 0 Å². The zero-order valence-corrected chi connectivity index (χ0v) is 12.5. The number of carbonyl (C=O) groups excluding carboxylic acids is 1. The highest BCUT2D eigenvalue weighted by atomic mass is 32.2. The lowest BCUT2D eigenvalue weighted by atomic mass is 10.4. The molecule has 8 heteroatoms. The molecule has 1 fully saturated rings. The van der Waals surface area contributed by atoms with Gasteiger partial charge in [-0.15, -0.1) is 11.3 Å². The SMILES string of the molecule is COC(=O)c1sc(NC2CC2C)c(S(C)(=O)=O)c1N. The number of rotatable bonds is 4. The molecule has 2 atom stereocenters. The Bertz CT molecular complexity index is 621. The Balaban J connectivity index is 2.48. The number of methoxy groups -OCH3 is 1. The lowest BCUT2D eigenvalue weighted by Gasteiger charge is -2.05. The Morgan fingerprint density at radius 2 is 2.11 bits per heavy atom. The number of hydrogen-bond acceptors (Lipinski definition) is 7. The zero-order valence-electron chi connectivity index (χ0n) is 10.9. The van der Waals surface area contributed by atoms with Crippen molar-refractivity contribution in [2.75, 3.05) is 24.4 Å². The van der Waals surface area contributed by atoms with Gasteiger partial charge in [-0.25, -0.2) is 13.2 Å². The van der Waals surface area contributed by atoms with Gasteiger partial charge in [0.25, 0.3) is 0 Å². The quantitative estimate of drug-likeness (QED) is 0.815. The Morgan fingerprint density at radius 1 is 1.53 bits per heavy atom. The van der Waals surface area contributed by atoms with Crippen molar-refractivity contribution in [1.82, 2.24) is 0 Å². The molecule has 1 aliphatic rings. The summed E-state index contributed by atoms with van der Waals surface area (Å²) in [5.41, 5.74) is 5.76. The van der Waals surface area contributed by atoms with Gasteiger partial charge in [-0.3, -0.25) is 0 Å². The normalized spacial score (nSPS) is 22.1. The fraction of sp³-hybridized carbons (Fsp3) is 0.545. The van der Waals surface area contributed by atoms with Gasteiger partial charge in [0.2, 0.25) is 0 Å². The Labute approximate surface area is 115 Å². The smallest absolute Gasteiger partial charge is 0.350 e. The molecule has 1 aliphatic carbocycles. The predicted molar refractivity (Wildman–Crippen MR) is 74.4 cm³/mol. The van der Waals surface area contributed by atoms with Crippen LogP contribution >= 0.6 is 11.3 Å². The third kappa shape index (κ3) is 2.69. The minimum atomic E-state index is -3.51. The van der Waals surface area contributed by atoms with Crippen molar-refractivity contribution in [1.29, 1.82) is 0 Å². The number of nitrogen functional groups attached to an aromatic ring is 1. The van der Waals surface area contributed by atoms with Crippen LogP contribution in [0.15, 0.2) is 4.90 Å². The number of nitrogens with one attached hydrogen (secondary N) is 1. The molecule has 0 aromatic carbocycles. The number of carbonyl (C=O) groups is 1. The van der Waals surface area contributed by atoms with Crippen LogP contribution in [0, 0.1) is 5.92 Å². The first-order valence-corrected chi connectivity index (χ1v) is 8.43. The minimum Gasteiger partial charge on any atom is -0.465 e. The molecule has 1 heterocycles. The molecule has 0 saturated heterocycles. The van der Waals surface area contributed by atoms with Crippen LogP contribution in [0.3, 0.4) is 0 Å². The van der Waals surface area contributed by atoms with Crippen LogP contribution in [0.25, 0.3) is 0 Å². The van der Waals surface area contributed by atoms with E-state index < -0.39 is 15.8 Å². The lowest BCUT2D eigenvalue weighted by molar-refractivity contribution is 0.0607. The van der Waals surface area contributed by atoms with Gasteiger partial charge in [0.05, 0.1) is 12.8 Å². The maximum Gasteiger partial charge on any atom is 0.350 e. The Morgan fingerprint density at radius 3 is 2.53 bits per heavy atom. The Hall–Kier alpha value is -1.28. The van der Waals surface area contributed by atoms with E-state index in [1.807, 2.05) is 0 Å². The highest BCUT2D eigenvalue weighted by molar-refractivity contribution is 7.91. The van der Waals surface area contributed by atoms with Crippen LogP contribution in [-0.4, -0.2) is 33.8 Å². The molecule has 6 nitrogen and oxygen atoms in total. The van der Waals surface area contributed by atoms with Gasteiger partial charge >= 0.3 is 5.97 Å². The first-order valence-electron chi connectivity index (χ1n) is 5.72. The molecule has 0 bridgehead atoms. The monoisotopic (exact) mass is 304 g/mol. The van der Waals surface area contributed by atoms with Gasteiger partial charge in [0, 0.05) is 12.3 Å². The van der Waals surface area contributed by atoms with Gasteiger partial charge in [-0.1, -0.05) is 6.92 Å². The number of thiophene rings is 1. The predicted octanol–water partition coefficient (Wildman–Crippen LogP) is 1.34. The van der Waals surface area contributed by atoms with Crippen molar-refractivity contribution in [3.05, 3.63) is 4.88 Å². The maximum absolute atomic E-state index is 11.8. The summed E-state index contributed by atoms with van der Waals surface area (Å²) in [5, 5.41) is 3.56. The molecule has 3 N–H and O–H groups in total. The van der Waals surface area contributed by atoms with Crippen LogP contribution in [-0.2, 0) is 14.6 Å². The molecule has 0 amide bonds. The number of ether oxygens (including phenoxy) is 1. The molecule has 0 radical (unpaired) electrons. The third-order valence-electron chi connectivity index (χ3n) is 3.07. The van der Waals surface area contributed by atoms with Gasteiger partial charge in [0.1, 0.15) is 14.8 Å². The van der Waals surface area contributed by atoms with Crippen LogP contribution in [0.4, 0.5) is 10.7 Å². The van der Waals surface area contributed by atoms with Gasteiger partial charge in [-0.05, 0) is 12.3 Å². The minimum absolute atomic E-state index is 0.00278. The molecule has 1 aromatic rings. The van der Waals surface area contributed by atoms with Crippen molar-refractivity contribution in [2.24, 2.45) is 5.92 Å². The van der Waals surface area contributed by atoms with Gasteiger partial charge < -0.3 is 15.8 Å². The summed E-state index contributed by atoms with van der Waals surface area (Å²) in [4.78, 5) is 11.7. The second-order valence-electron chi connectivity index (χ2n) is 4.73. The van der Waals surface area contributed by atoms with E-state index in [9.17, 15) is 13.2 Å². The molecule has 106 valence electrons. The molecular weight excluding hydrogens is 288 g/mol. The lowest BCUT2D eigenvalue weighted by Crippen LogP contribution is -2.08. The first kappa shape index (κ1) is 14.1. The fourth-order valence-corrected chi connectivity index (χ4v) is 4.36. The number of hydrogen-bond donors (Lipinski definition) is 2. The second-order valence-corrected chi connectivity index (χ2v) is 7.70. The standard InChI is InChI=1S/C11H16N2O4S2/c1-5-4-6(5)13-10-9(19(3,15)16)7(12)8(18-10)11(14)17-2/h5-6,13H,4,12H2,1-3H3. The van der Waals surface area contributed by atoms with Crippen molar-refractivity contribution in [3.63, 3.8) is 0 Å². The highest BCUT2D eigenvalue weighted by Crippen LogP contribution is 2.43. The van der Waals surface area contributed by atoms with E-state index in [4.69, 9.17) is 5.73 Å². The van der Waals surface area contributed by atoms with Crippen molar-refractivity contribution >= 4 is 37.8 Å². The molecule has 0 spiro atoms. The summed E-state index contributed by atoms with van der Waals surface area (Å²) in [6.07, 6.45) is 2.06. The number of anilines is 2. The average molecular weight is 304 g/mol. The molecule has 0 aliphatic heterocycles. The molecule has 2 rings (SSSR count).